The molecule has 19 heavy (non-hydrogen) atoms. The van der Waals surface area contributed by atoms with Crippen LogP contribution < -0.4 is 5.32 Å². The van der Waals surface area contributed by atoms with Gasteiger partial charge in [0.05, 0.1) is 11.2 Å². The lowest BCUT2D eigenvalue weighted by Crippen LogP contribution is -2.52. The maximum Gasteiger partial charge on any atom is 0.114 e. The quantitative estimate of drug-likeness (QED) is 0.867. The summed E-state index contributed by atoms with van der Waals surface area (Å²) in [5, 5.41) is 7.41. The Labute approximate surface area is 122 Å². The smallest absolute Gasteiger partial charge is 0.114 e. The fourth-order valence-corrected chi connectivity index (χ4v) is 4.67. The maximum absolute atomic E-state index is 4.97. The van der Waals surface area contributed by atoms with Crippen molar-refractivity contribution in [2.45, 2.75) is 78.3 Å². The van der Waals surface area contributed by atoms with E-state index in [-0.39, 0.29) is 11.0 Å². The molecule has 1 aromatic rings. The molecule has 0 amide bonds. The molecule has 1 fully saturated rings. The summed E-state index contributed by atoms with van der Waals surface area (Å²) < 4.78 is 0. The van der Waals surface area contributed by atoms with Crippen molar-refractivity contribution < 1.29 is 0 Å². The van der Waals surface area contributed by atoms with Gasteiger partial charge in [0, 0.05) is 11.4 Å². The minimum Gasteiger partial charge on any atom is -0.303 e. The highest BCUT2D eigenvalue weighted by atomic mass is 32.1. The maximum atomic E-state index is 4.97. The molecule has 1 aromatic heterocycles. The third kappa shape index (κ3) is 2.59. The molecule has 1 unspecified atom stereocenters. The van der Waals surface area contributed by atoms with Gasteiger partial charge in [-0.3, -0.25) is 0 Å². The molecule has 1 atom stereocenters. The van der Waals surface area contributed by atoms with E-state index in [1.54, 1.807) is 0 Å². The van der Waals surface area contributed by atoms with Gasteiger partial charge in [-0.25, -0.2) is 4.98 Å². The Balaban J connectivity index is 2.42. The van der Waals surface area contributed by atoms with Gasteiger partial charge in [-0.2, -0.15) is 0 Å². The van der Waals surface area contributed by atoms with E-state index in [9.17, 15) is 0 Å². The molecule has 3 heteroatoms. The van der Waals surface area contributed by atoms with E-state index >= 15 is 0 Å². The third-order valence-corrected chi connectivity index (χ3v) is 5.54. The fourth-order valence-electron chi connectivity index (χ4n) is 3.31. The second-order valence-electron chi connectivity index (χ2n) is 7.17. The van der Waals surface area contributed by atoms with E-state index in [1.807, 2.05) is 11.3 Å². The van der Waals surface area contributed by atoms with Crippen molar-refractivity contribution in [3.05, 3.63) is 16.1 Å². The molecule has 1 saturated carbocycles. The molecule has 0 saturated heterocycles. The van der Waals surface area contributed by atoms with Gasteiger partial charge in [-0.05, 0) is 38.0 Å². The van der Waals surface area contributed by atoms with E-state index in [0.29, 0.717) is 12.0 Å². The van der Waals surface area contributed by atoms with Gasteiger partial charge < -0.3 is 5.32 Å². The molecule has 1 aliphatic carbocycles. The molecule has 108 valence electrons. The fraction of sp³-hybridized carbons (Fsp3) is 0.812. The van der Waals surface area contributed by atoms with Crippen molar-refractivity contribution >= 4 is 11.3 Å². The van der Waals surface area contributed by atoms with Crippen LogP contribution >= 0.6 is 11.3 Å². The molecule has 1 heterocycles. The highest BCUT2D eigenvalue weighted by Crippen LogP contribution is 2.53. The standard InChI is InChI=1S/C16H28N2S/c1-11(2)13-10-19-14(17-13)16(18-12(3)4)9-7-8-15(16,5)6/h10-12,18H,7-9H2,1-6H3. The average Bonchev–Trinajstić information content (AvgIpc) is 2.84. The average molecular weight is 280 g/mol. The Bertz CT molecular complexity index is 434. The summed E-state index contributed by atoms with van der Waals surface area (Å²) >= 11 is 1.84. The molecule has 0 bridgehead atoms. The number of thiazole rings is 1. The molecule has 0 spiro atoms. The van der Waals surface area contributed by atoms with Crippen molar-refractivity contribution in [2.75, 3.05) is 0 Å². The Morgan fingerprint density at radius 2 is 1.89 bits per heavy atom. The number of aromatic nitrogens is 1. The van der Waals surface area contributed by atoms with Crippen LogP contribution in [0.25, 0.3) is 0 Å². The van der Waals surface area contributed by atoms with E-state index in [4.69, 9.17) is 4.98 Å². The summed E-state index contributed by atoms with van der Waals surface area (Å²) in [5.74, 6) is 0.519. The molecule has 0 aliphatic heterocycles. The SMILES string of the molecule is CC(C)NC1(c2nc(C(C)C)cs2)CCCC1(C)C. The number of hydrogen-bond acceptors (Lipinski definition) is 3. The highest BCUT2D eigenvalue weighted by Gasteiger charge is 2.51. The lowest BCUT2D eigenvalue weighted by Gasteiger charge is -2.42. The van der Waals surface area contributed by atoms with Crippen LogP contribution in [0.4, 0.5) is 0 Å². The zero-order valence-electron chi connectivity index (χ0n) is 13.2. The first-order chi connectivity index (χ1) is 8.78. The second kappa shape index (κ2) is 5.17. The van der Waals surface area contributed by atoms with E-state index in [0.717, 1.165) is 0 Å². The summed E-state index contributed by atoms with van der Waals surface area (Å²) in [7, 11) is 0. The number of rotatable bonds is 4. The predicted molar refractivity (Wildman–Crippen MR) is 83.8 cm³/mol. The minimum absolute atomic E-state index is 0.0684. The molecule has 2 nitrogen and oxygen atoms in total. The van der Waals surface area contributed by atoms with E-state index in [1.165, 1.54) is 30.0 Å². The summed E-state index contributed by atoms with van der Waals surface area (Å²) in [4.78, 5) is 4.97. The van der Waals surface area contributed by atoms with Gasteiger partial charge >= 0.3 is 0 Å². The molecular formula is C16H28N2S. The van der Waals surface area contributed by atoms with Gasteiger partial charge in [0.25, 0.3) is 0 Å². The van der Waals surface area contributed by atoms with Crippen LogP contribution in [0, 0.1) is 5.41 Å². The topological polar surface area (TPSA) is 24.9 Å². The summed E-state index contributed by atoms with van der Waals surface area (Å²) in [5.41, 5.74) is 1.59. The van der Waals surface area contributed by atoms with E-state index in [2.05, 4.69) is 52.2 Å². The molecule has 0 radical (unpaired) electrons. The number of nitrogens with one attached hydrogen (secondary N) is 1. The zero-order chi connectivity index (χ0) is 14.3. The van der Waals surface area contributed by atoms with Crippen LogP contribution in [-0.4, -0.2) is 11.0 Å². The predicted octanol–water partition coefficient (Wildman–Crippen LogP) is 4.67. The Morgan fingerprint density at radius 3 is 2.32 bits per heavy atom. The Morgan fingerprint density at radius 1 is 1.21 bits per heavy atom. The monoisotopic (exact) mass is 280 g/mol. The lowest BCUT2D eigenvalue weighted by molar-refractivity contribution is 0.143. The van der Waals surface area contributed by atoms with Crippen LogP contribution in [0.1, 0.15) is 77.4 Å². The number of nitrogens with zero attached hydrogens (tertiary/aromatic N) is 1. The minimum atomic E-state index is 0.0684. The van der Waals surface area contributed by atoms with Crippen LogP contribution in [0.5, 0.6) is 0 Å². The molecular weight excluding hydrogens is 252 g/mol. The first-order valence-electron chi connectivity index (χ1n) is 7.52. The largest absolute Gasteiger partial charge is 0.303 e. The lowest BCUT2D eigenvalue weighted by atomic mass is 9.74. The third-order valence-electron chi connectivity index (χ3n) is 4.52. The van der Waals surface area contributed by atoms with Crippen molar-refractivity contribution in [3.8, 4) is 0 Å². The summed E-state index contributed by atoms with van der Waals surface area (Å²) in [6.07, 6.45) is 3.79. The van der Waals surface area contributed by atoms with Crippen molar-refractivity contribution in [3.63, 3.8) is 0 Å². The van der Waals surface area contributed by atoms with Gasteiger partial charge in [-0.1, -0.05) is 34.1 Å². The van der Waals surface area contributed by atoms with Crippen LogP contribution in [0.3, 0.4) is 0 Å². The first-order valence-corrected chi connectivity index (χ1v) is 8.40. The molecule has 1 N–H and O–H groups in total. The zero-order valence-corrected chi connectivity index (χ0v) is 14.0. The Hall–Kier alpha value is -0.410. The van der Waals surface area contributed by atoms with Crippen molar-refractivity contribution in [1.29, 1.82) is 0 Å². The summed E-state index contributed by atoms with van der Waals surface area (Å²) in [6, 6.07) is 0.490. The normalized spacial score (nSPS) is 26.5. The highest BCUT2D eigenvalue weighted by molar-refractivity contribution is 7.09. The molecule has 1 aliphatic rings. The molecule has 0 aromatic carbocycles. The molecule has 2 rings (SSSR count). The van der Waals surface area contributed by atoms with Crippen molar-refractivity contribution in [2.24, 2.45) is 5.41 Å². The second-order valence-corrected chi connectivity index (χ2v) is 8.03. The first kappa shape index (κ1) is 15.0. The van der Waals surface area contributed by atoms with Crippen LogP contribution in [-0.2, 0) is 5.54 Å². The van der Waals surface area contributed by atoms with Crippen molar-refractivity contribution in [1.82, 2.24) is 10.3 Å². The van der Waals surface area contributed by atoms with Gasteiger partial charge in [0.15, 0.2) is 0 Å². The van der Waals surface area contributed by atoms with Crippen LogP contribution in [0.2, 0.25) is 0 Å². The van der Waals surface area contributed by atoms with Gasteiger partial charge in [0.2, 0.25) is 0 Å². The van der Waals surface area contributed by atoms with E-state index < -0.39 is 0 Å². The Kier molecular flexibility index (Phi) is 4.08. The van der Waals surface area contributed by atoms with Crippen LogP contribution in [0.15, 0.2) is 5.38 Å². The van der Waals surface area contributed by atoms with Gasteiger partial charge in [-0.15, -0.1) is 11.3 Å². The van der Waals surface area contributed by atoms with Gasteiger partial charge in [0.1, 0.15) is 5.01 Å². The number of hydrogen-bond donors (Lipinski definition) is 1. The summed E-state index contributed by atoms with van der Waals surface area (Å²) in [6.45, 7) is 13.7.